The predicted octanol–water partition coefficient (Wildman–Crippen LogP) is 0.533. The van der Waals surface area contributed by atoms with Gasteiger partial charge >= 0.3 is 0 Å². The lowest BCUT2D eigenvalue weighted by molar-refractivity contribution is 0.181. The van der Waals surface area contributed by atoms with E-state index in [4.69, 9.17) is 0 Å². The van der Waals surface area contributed by atoms with Crippen molar-refractivity contribution >= 4 is 47.5 Å². The fourth-order valence-electron chi connectivity index (χ4n) is 3.65. The maximum absolute atomic E-state index is 12.3. The third kappa shape index (κ3) is 4.93. The minimum Gasteiger partial charge on any atom is -0.354 e. The molecule has 2 aliphatic heterocycles. The van der Waals surface area contributed by atoms with Crippen molar-refractivity contribution in [2.75, 3.05) is 70.3 Å². The Labute approximate surface area is 188 Å². The summed E-state index contributed by atoms with van der Waals surface area (Å²) in [4.78, 5) is 27.8. The van der Waals surface area contributed by atoms with Gasteiger partial charge in [-0.15, -0.1) is 24.0 Å². The van der Waals surface area contributed by atoms with Gasteiger partial charge in [0, 0.05) is 70.5 Å². The zero-order chi connectivity index (χ0) is 19.4. The second-order valence-electron chi connectivity index (χ2n) is 7.46. The summed E-state index contributed by atoms with van der Waals surface area (Å²) in [7, 11) is 7.94. The first-order chi connectivity index (χ1) is 13.0. The van der Waals surface area contributed by atoms with Crippen molar-refractivity contribution < 1.29 is 0 Å². The summed E-state index contributed by atoms with van der Waals surface area (Å²) in [6, 6.07) is 0. The molecule has 0 spiro atoms. The van der Waals surface area contributed by atoms with Gasteiger partial charge in [-0.3, -0.25) is 9.79 Å². The number of piperazine rings is 1. The number of nitrogens with zero attached hydrogens (tertiary/aromatic N) is 6. The molecule has 1 N–H and O–H groups in total. The van der Waals surface area contributed by atoms with Crippen LogP contribution in [-0.4, -0.2) is 96.2 Å². The number of guanidine groups is 1. The minimum atomic E-state index is -0.0416. The van der Waals surface area contributed by atoms with Gasteiger partial charge < -0.3 is 24.6 Å². The van der Waals surface area contributed by atoms with Gasteiger partial charge in [0.15, 0.2) is 11.8 Å². The quantitative estimate of drug-likeness (QED) is 0.353. The van der Waals surface area contributed by atoms with Gasteiger partial charge in [-0.05, 0) is 26.3 Å². The zero-order valence-electron chi connectivity index (χ0n) is 17.2. The van der Waals surface area contributed by atoms with Gasteiger partial charge in [-0.25, -0.2) is 4.98 Å². The number of nitrogens with one attached hydrogen (secondary N) is 1. The zero-order valence-corrected chi connectivity index (χ0v) is 20.4. The summed E-state index contributed by atoms with van der Waals surface area (Å²) >= 11 is 2.02. The summed E-state index contributed by atoms with van der Waals surface area (Å²) in [5.41, 5.74) is 0.155. The lowest BCUT2D eigenvalue weighted by Crippen LogP contribution is -2.58. The molecule has 1 aromatic heterocycles. The number of anilines is 1. The monoisotopic (exact) mass is 521 g/mol. The summed E-state index contributed by atoms with van der Waals surface area (Å²) in [6.45, 7) is 4.08. The van der Waals surface area contributed by atoms with Crippen molar-refractivity contribution in [3.63, 3.8) is 0 Å². The molecule has 0 radical (unpaired) electrons. The van der Waals surface area contributed by atoms with E-state index in [2.05, 4.69) is 44.1 Å². The van der Waals surface area contributed by atoms with E-state index in [1.807, 2.05) is 18.8 Å². The molecule has 2 aliphatic rings. The van der Waals surface area contributed by atoms with E-state index in [-0.39, 0.29) is 35.1 Å². The van der Waals surface area contributed by atoms with Crippen LogP contribution >= 0.6 is 35.7 Å². The van der Waals surface area contributed by atoms with Crippen molar-refractivity contribution in [3.05, 3.63) is 22.7 Å². The van der Waals surface area contributed by atoms with Crippen LogP contribution in [0.1, 0.15) is 6.42 Å². The van der Waals surface area contributed by atoms with E-state index >= 15 is 0 Å². The maximum atomic E-state index is 12.3. The van der Waals surface area contributed by atoms with Gasteiger partial charge in [0.2, 0.25) is 0 Å². The molecule has 0 bridgehead atoms. The molecule has 10 heteroatoms. The van der Waals surface area contributed by atoms with Gasteiger partial charge in [-0.1, -0.05) is 0 Å². The third-order valence-electron chi connectivity index (χ3n) is 5.70. The summed E-state index contributed by atoms with van der Waals surface area (Å²) in [5, 5.41) is 3.60. The van der Waals surface area contributed by atoms with Crippen molar-refractivity contribution in [1.82, 2.24) is 24.7 Å². The second kappa shape index (κ2) is 10.1. The highest BCUT2D eigenvalue weighted by Gasteiger charge is 2.37. The molecule has 1 aromatic rings. The average Bonchev–Trinajstić information content (AvgIpc) is 3.15. The largest absolute Gasteiger partial charge is 0.354 e. The maximum Gasteiger partial charge on any atom is 0.293 e. The Hall–Kier alpha value is -1.01. The topological polar surface area (TPSA) is 69.0 Å². The Kier molecular flexibility index (Phi) is 8.44. The molecule has 0 aromatic carbocycles. The van der Waals surface area contributed by atoms with Crippen LogP contribution in [-0.2, 0) is 7.05 Å². The van der Waals surface area contributed by atoms with Crippen LogP contribution in [0.3, 0.4) is 0 Å². The van der Waals surface area contributed by atoms with Crippen LogP contribution < -0.4 is 15.8 Å². The molecule has 1 atom stereocenters. The lowest BCUT2D eigenvalue weighted by Gasteiger charge is -2.40. The first kappa shape index (κ1) is 23.3. The van der Waals surface area contributed by atoms with Crippen molar-refractivity contribution in [2.45, 2.75) is 12.0 Å². The van der Waals surface area contributed by atoms with E-state index in [1.54, 1.807) is 24.0 Å². The van der Waals surface area contributed by atoms with Gasteiger partial charge in [0.05, 0.1) is 0 Å². The molecule has 2 saturated heterocycles. The Bertz CT molecular complexity index is 725. The number of rotatable bonds is 4. The van der Waals surface area contributed by atoms with Crippen LogP contribution in [0.4, 0.5) is 5.82 Å². The number of likely N-dealkylation sites (N-methyl/N-ethyl adjacent to an activating group) is 1. The molecular weight excluding hydrogens is 489 g/mol. The van der Waals surface area contributed by atoms with E-state index < -0.39 is 0 Å². The van der Waals surface area contributed by atoms with E-state index in [9.17, 15) is 4.79 Å². The number of hydrogen-bond acceptors (Lipinski definition) is 6. The molecule has 3 heterocycles. The molecule has 0 saturated carbocycles. The number of aliphatic imine (C=N–C) groups is 1. The molecule has 2 fully saturated rings. The average molecular weight is 521 g/mol. The van der Waals surface area contributed by atoms with E-state index in [1.165, 1.54) is 12.2 Å². The number of halogens is 1. The van der Waals surface area contributed by atoms with E-state index in [0.717, 1.165) is 44.4 Å². The number of aromatic nitrogens is 2. The Balaban J connectivity index is 0.00000280. The summed E-state index contributed by atoms with van der Waals surface area (Å²) in [5.74, 6) is 3.86. The molecule has 8 nitrogen and oxygen atoms in total. The molecule has 0 amide bonds. The van der Waals surface area contributed by atoms with Crippen LogP contribution in [0.2, 0.25) is 0 Å². The Morgan fingerprint density at radius 3 is 2.64 bits per heavy atom. The number of hydrogen-bond donors (Lipinski definition) is 1. The van der Waals surface area contributed by atoms with Crippen LogP contribution in [0, 0.1) is 0 Å². The molecular formula is C18H32IN7OS. The van der Waals surface area contributed by atoms with Gasteiger partial charge in [-0.2, -0.15) is 11.8 Å². The highest BCUT2D eigenvalue weighted by Crippen LogP contribution is 2.31. The lowest BCUT2D eigenvalue weighted by atomic mass is 9.97. The Morgan fingerprint density at radius 1 is 1.36 bits per heavy atom. The van der Waals surface area contributed by atoms with Gasteiger partial charge in [0.1, 0.15) is 0 Å². The fourth-order valence-corrected chi connectivity index (χ4v) is 5.21. The van der Waals surface area contributed by atoms with Crippen molar-refractivity contribution in [3.8, 4) is 0 Å². The highest BCUT2D eigenvalue weighted by atomic mass is 127. The van der Waals surface area contributed by atoms with Gasteiger partial charge in [0.25, 0.3) is 5.56 Å². The van der Waals surface area contributed by atoms with Crippen LogP contribution in [0.5, 0.6) is 0 Å². The number of thioether (sulfide) groups is 1. The van der Waals surface area contributed by atoms with Crippen molar-refractivity contribution in [2.24, 2.45) is 12.0 Å². The molecule has 0 aliphatic carbocycles. The Morgan fingerprint density at radius 2 is 2.07 bits per heavy atom. The van der Waals surface area contributed by atoms with Crippen molar-refractivity contribution in [1.29, 1.82) is 0 Å². The summed E-state index contributed by atoms with van der Waals surface area (Å²) < 4.78 is 1.58. The second-order valence-corrected chi connectivity index (χ2v) is 8.57. The highest BCUT2D eigenvalue weighted by molar-refractivity contribution is 14.0. The number of aryl methyl sites for hydroxylation is 1. The van der Waals surface area contributed by atoms with E-state index in [0.29, 0.717) is 5.82 Å². The fraction of sp³-hybridized carbons (Fsp3) is 0.722. The smallest absolute Gasteiger partial charge is 0.293 e. The predicted molar refractivity (Wildman–Crippen MR) is 128 cm³/mol. The molecule has 3 rings (SSSR count). The van der Waals surface area contributed by atoms with Crippen LogP contribution in [0.25, 0.3) is 0 Å². The standard InChI is InChI=1S/C18H31N7OS.HI/c1-19-17(21-13-18(22(2)3)5-12-27-14-18)25-10-8-24(9-11-25)15-16(26)23(4)7-6-20-15;/h6-7H,5,8-14H2,1-4H3,(H,19,21);1H. The third-order valence-corrected chi connectivity index (χ3v) is 6.93. The SMILES string of the molecule is CN=C(NCC1(N(C)C)CCSC1)N1CCN(c2nccn(C)c2=O)CC1.I. The first-order valence-corrected chi connectivity index (χ1v) is 10.6. The summed E-state index contributed by atoms with van der Waals surface area (Å²) in [6.07, 6.45) is 4.57. The normalized spacial score (nSPS) is 23.1. The molecule has 158 valence electrons. The molecule has 28 heavy (non-hydrogen) atoms. The van der Waals surface area contributed by atoms with Crippen LogP contribution in [0.15, 0.2) is 22.2 Å². The minimum absolute atomic E-state index is 0. The first-order valence-electron chi connectivity index (χ1n) is 9.44. The molecule has 1 unspecified atom stereocenters.